The highest BCUT2D eigenvalue weighted by atomic mass is 16.5. The van der Waals surface area contributed by atoms with E-state index >= 15 is 0 Å². The number of likely N-dealkylation sites (tertiary alicyclic amines) is 1. The topological polar surface area (TPSA) is 83.9 Å². The number of methoxy groups -OCH3 is 1. The first-order valence-electron chi connectivity index (χ1n) is 12.7. The fourth-order valence-corrected chi connectivity index (χ4v) is 7.65. The summed E-state index contributed by atoms with van der Waals surface area (Å²) in [4.78, 5) is 40.4. The SMILES string of the molecule is COc1ccccc1CC(=O)N1C[C@H]2[C@@]3(c4ccccc4)CC[C@H](c4cc(C=O)ccc43)[C@@]2(C(=O)O)C1. The van der Waals surface area contributed by atoms with E-state index in [1.807, 2.05) is 60.7 Å². The molecule has 0 unspecified atom stereocenters. The number of nitrogens with zero attached hydrogens (tertiary/aromatic N) is 1. The summed E-state index contributed by atoms with van der Waals surface area (Å²) >= 11 is 0. The number of amides is 1. The lowest BCUT2D eigenvalue weighted by Crippen LogP contribution is -2.60. The van der Waals surface area contributed by atoms with E-state index in [9.17, 15) is 19.5 Å². The second kappa shape index (κ2) is 8.58. The summed E-state index contributed by atoms with van der Waals surface area (Å²) in [5.74, 6) is -0.860. The number of carbonyl (C=O) groups excluding carboxylic acids is 2. The number of carboxylic acids is 1. The van der Waals surface area contributed by atoms with E-state index in [2.05, 4.69) is 12.1 Å². The van der Waals surface area contributed by atoms with Crippen LogP contribution in [0.25, 0.3) is 0 Å². The molecule has 3 aromatic carbocycles. The van der Waals surface area contributed by atoms with Gasteiger partial charge in [0, 0.05) is 41.5 Å². The fourth-order valence-electron chi connectivity index (χ4n) is 7.65. The molecular formula is C31H29NO5. The van der Waals surface area contributed by atoms with Crippen molar-refractivity contribution in [1.82, 2.24) is 4.90 Å². The maximum Gasteiger partial charge on any atom is 0.312 e. The molecule has 1 aliphatic heterocycles. The molecule has 6 heteroatoms. The maximum atomic E-state index is 13.7. The third-order valence-electron chi connectivity index (χ3n) is 9.16. The van der Waals surface area contributed by atoms with Gasteiger partial charge in [0.05, 0.1) is 18.9 Å². The van der Waals surface area contributed by atoms with Gasteiger partial charge in [0.2, 0.25) is 5.91 Å². The van der Waals surface area contributed by atoms with E-state index in [0.717, 1.165) is 35.0 Å². The number of para-hydroxylation sites is 1. The van der Waals surface area contributed by atoms with Crippen LogP contribution < -0.4 is 4.74 Å². The van der Waals surface area contributed by atoms with E-state index in [0.29, 0.717) is 24.3 Å². The van der Waals surface area contributed by atoms with Gasteiger partial charge in [-0.25, -0.2) is 0 Å². The highest BCUT2D eigenvalue weighted by Crippen LogP contribution is 2.69. The van der Waals surface area contributed by atoms with Gasteiger partial charge in [0.1, 0.15) is 12.0 Å². The van der Waals surface area contributed by atoms with Crippen LogP contribution in [0.1, 0.15) is 51.4 Å². The molecule has 1 heterocycles. The number of rotatable bonds is 6. The lowest BCUT2D eigenvalue weighted by molar-refractivity contribution is -0.157. The summed E-state index contributed by atoms with van der Waals surface area (Å²) in [5, 5.41) is 10.9. The van der Waals surface area contributed by atoms with Gasteiger partial charge in [-0.05, 0) is 41.7 Å². The van der Waals surface area contributed by atoms with E-state index in [4.69, 9.17) is 4.74 Å². The molecule has 1 amide bonds. The molecule has 7 rings (SSSR count). The minimum Gasteiger partial charge on any atom is -0.496 e. The fraction of sp³-hybridized carbons (Fsp3) is 0.323. The van der Waals surface area contributed by atoms with Gasteiger partial charge in [-0.15, -0.1) is 0 Å². The Kier molecular flexibility index (Phi) is 5.44. The van der Waals surface area contributed by atoms with Crippen LogP contribution in [0.4, 0.5) is 0 Å². The Morgan fingerprint density at radius 1 is 1.08 bits per heavy atom. The van der Waals surface area contributed by atoms with E-state index in [1.54, 1.807) is 12.0 Å². The van der Waals surface area contributed by atoms with Crippen LogP contribution in [0.5, 0.6) is 5.75 Å². The van der Waals surface area contributed by atoms with Crippen molar-refractivity contribution >= 4 is 18.2 Å². The van der Waals surface area contributed by atoms with Crippen LogP contribution in [0.3, 0.4) is 0 Å². The van der Waals surface area contributed by atoms with Crippen molar-refractivity contribution in [3.8, 4) is 5.75 Å². The van der Waals surface area contributed by atoms with Gasteiger partial charge in [0.15, 0.2) is 0 Å². The zero-order chi connectivity index (χ0) is 25.8. The zero-order valence-corrected chi connectivity index (χ0v) is 20.7. The van der Waals surface area contributed by atoms with Crippen molar-refractivity contribution in [1.29, 1.82) is 0 Å². The van der Waals surface area contributed by atoms with Crippen molar-refractivity contribution in [2.24, 2.45) is 11.3 Å². The lowest BCUT2D eigenvalue weighted by Gasteiger charge is -2.59. The third kappa shape index (κ3) is 3.21. The molecule has 0 spiro atoms. The van der Waals surface area contributed by atoms with Gasteiger partial charge in [0.25, 0.3) is 0 Å². The Morgan fingerprint density at radius 3 is 2.57 bits per heavy atom. The Labute approximate surface area is 215 Å². The molecule has 2 bridgehead atoms. The molecule has 3 aromatic rings. The standard InChI is InChI=1S/C31H29NO5/c1-37-26-10-6-5-7-21(26)16-28(34)32-17-27-30(22-8-3-2-4-9-22)14-13-25(31(27,19-32)29(35)36)23-15-20(18-33)11-12-24(23)30/h2-12,15,18,25,27H,13-14,16-17,19H2,1H3,(H,35,36)/t25-,27+,30-,31+/m1/s1. The molecular weight excluding hydrogens is 466 g/mol. The Balaban J connectivity index is 1.49. The molecule has 0 radical (unpaired) electrons. The number of hydrogen-bond donors (Lipinski definition) is 1. The quantitative estimate of drug-likeness (QED) is 0.511. The number of aliphatic carboxylic acids is 1. The summed E-state index contributed by atoms with van der Waals surface area (Å²) in [5.41, 5.74) is 2.77. The molecule has 1 saturated heterocycles. The van der Waals surface area contributed by atoms with Gasteiger partial charge in [-0.1, -0.05) is 60.7 Å². The van der Waals surface area contributed by atoms with Crippen LogP contribution in [0.15, 0.2) is 72.8 Å². The molecule has 1 saturated carbocycles. The summed E-state index contributed by atoms with van der Waals surface area (Å²) < 4.78 is 5.45. The predicted octanol–water partition coefficient (Wildman–Crippen LogP) is 4.46. The number of carboxylic acid groups (broad SMARTS) is 1. The number of benzene rings is 3. The van der Waals surface area contributed by atoms with Crippen molar-refractivity contribution < 1.29 is 24.2 Å². The van der Waals surface area contributed by atoms with Crippen LogP contribution in [0.2, 0.25) is 0 Å². The van der Waals surface area contributed by atoms with Crippen LogP contribution in [-0.4, -0.2) is 48.4 Å². The van der Waals surface area contributed by atoms with Crippen molar-refractivity contribution in [2.75, 3.05) is 20.2 Å². The molecule has 4 aliphatic rings. The largest absolute Gasteiger partial charge is 0.496 e. The molecule has 188 valence electrons. The number of ether oxygens (including phenoxy) is 1. The molecule has 0 aromatic heterocycles. The monoisotopic (exact) mass is 495 g/mol. The first kappa shape index (κ1) is 23.5. The molecule has 6 nitrogen and oxygen atoms in total. The number of hydrogen-bond acceptors (Lipinski definition) is 4. The van der Waals surface area contributed by atoms with E-state index in [-0.39, 0.29) is 30.7 Å². The summed E-state index contributed by atoms with van der Waals surface area (Å²) in [7, 11) is 1.58. The number of aldehydes is 1. The minimum atomic E-state index is -1.13. The second-order valence-electron chi connectivity index (χ2n) is 10.6. The zero-order valence-electron chi connectivity index (χ0n) is 20.7. The van der Waals surface area contributed by atoms with Gasteiger partial charge in [-0.3, -0.25) is 14.4 Å². The molecule has 4 atom stereocenters. The molecule has 3 aliphatic carbocycles. The summed E-state index contributed by atoms with van der Waals surface area (Å²) in [6.45, 7) is 0.533. The smallest absolute Gasteiger partial charge is 0.312 e. The first-order chi connectivity index (χ1) is 18.0. The molecule has 2 fully saturated rings. The Morgan fingerprint density at radius 2 is 1.84 bits per heavy atom. The van der Waals surface area contributed by atoms with Crippen LogP contribution >= 0.6 is 0 Å². The van der Waals surface area contributed by atoms with Gasteiger partial charge in [-0.2, -0.15) is 0 Å². The highest BCUT2D eigenvalue weighted by Gasteiger charge is 2.70. The second-order valence-corrected chi connectivity index (χ2v) is 10.6. The van der Waals surface area contributed by atoms with E-state index < -0.39 is 16.8 Å². The lowest BCUT2D eigenvalue weighted by atomic mass is 9.42. The van der Waals surface area contributed by atoms with Gasteiger partial charge >= 0.3 is 5.97 Å². The maximum absolute atomic E-state index is 13.7. The molecule has 1 N–H and O–H groups in total. The molecule has 37 heavy (non-hydrogen) atoms. The number of carbonyl (C=O) groups is 3. The predicted molar refractivity (Wildman–Crippen MR) is 138 cm³/mol. The summed E-state index contributed by atoms with van der Waals surface area (Å²) in [6.07, 6.45) is 2.48. The van der Waals surface area contributed by atoms with Crippen molar-refractivity contribution in [2.45, 2.75) is 30.6 Å². The minimum absolute atomic E-state index is 0.0974. The number of fused-ring (bicyclic) bond motifs is 1. The van der Waals surface area contributed by atoms with Crippen LogP contribution in [-0.2, 0) is 21.4 Å². The Hall–Kier alpha value is -3.93. The van der Waals surface area contributed by atoms with Gasteiger partial charge < -0.3 is 14.7 Å². The summed E-state index contributed by atoms with van der Waals surface area (Å²) in [6, 6.07) is 23.3. The first-order valence-corrected chi connectivity index (χ1v) is 12.7. The van der Waals surface area contributed by atoms with Crippen molar-refractivity contribution in [3.05, 3.63) is 101 Å². The Bertz CT molecular complexity index is 1400. The van der Waals surface area contributed by atoms with E-state index in [1.165, 1.54) is 0 Å². The average Bonchev–Trinajstić information content (AvgIpc) is 3.38. The van der Waals surface area contributed by atoms with Crippen LogP contribution in [0, 0.1) is 11.3 Å². The normalized spacial score (nSPS) is 27.3. The highest BCUT2D eigenvalue weighted by molar-refractivity contribution is 5.86. The third-order valence-corrected chi connectivity index (χ3v) is 9.16. The van der Waals surface area contributed by atoms with Crippen molar-refractivity contribution in [3.63, 3.8) is 0 Å². The average molecular weight is 496 g/mol.